The maximum Gasteiger partial charge on any atom is 0.319 e. The number of urea groups is 1. The number of hydrogen-bond acceptors (Lipinski definition) is 4. The van der Waals surface area contributed by atoms with Gasteiger partial charge in [0.25, 0.3) is 0 Å². The van der Waals surface area contributed by atoms with Crippen molar-refractivity contribution in [3.05, 3.63) is 59.9 Å². The summed E-state index contributed by atoms with van der Waals surface area (Å²) in [5.41, 5.74) is 3.22. The Morgan fingerprint density at radius 3 is 2.72 bits per heavy atom. The first-order valence-corrected chi connectivity index (χ1v) is 9.35. The van der Waals surface area contributed by atoms with Crippen LogP contribution in [-0.4, -0.2) is 40.5 Å². The molecule has 0 aliphatic carbocycles. The summed E-state index contributed by atoms with van der Waals surface area (Å²) < 4.78 is 0. The molecule has 2 amide bonds. The highest BCUT2D eigenvalue weighted by molar-refractivity contribution is 5.89. The van der Waals surface area contributed by atoms with E-state index in [0.29, 0.717) is 11.3 Å². The zero-order chi connectivity index (χ0) is 19.5. The molecule has 1 aliphatic heterocycles. The number of anilines is 1. The molecule has 7 nitrogen and oxygen atoms in total. The maximum absolute atomic E-state index is 12.4. The highest BCUT2D eigenvalue weighted by Crippen LogP contribution is 2.29. The summed E-state index contributed by atoms with van der Waals surface area (Å²) in [6.07, 6.45) is 1.67. The van der Waals surface area contributed by atoms with Crippen LogP contribution in [0.25, 0.3) is 11.0 Å². The second-order valence-electron chi connectivity index (χ2n) is 7.14. The van der Waals surface area contributed by atoms with Gasteiger partial charge in [-0.1, -0.05) is 12.1 Å². The molecule has 1 saturated heterocycles. The molecule has 1 aromatic heterocycles. The Kier molecular flexibility index (Phi) is 6.37. The van der Waals surface area contributed by atoms with Crippen LogP contribution in [0.3, 0.4) is 0 Å². The first kappa shape index (κ1) is 20.6. The molecule has 2 aromatic carbocycles. The van der Waals surface area contributed by atoms with E-state index in [1.165, 1.54) is 0 Å². The molecule has 1 aliphatic rings. The van der Waals surface area contributed by atoms with Crippen molar-refractivity contribution in [3.63, 3.8) is 0 Å². The van der Waals surface area contributed by atoms with Gasteiger partial charge in [0.1, 0.15) is 5.82 Å². The van der Waals surface area contributed by atoms with Gasteiger partial charge in [-0.2, -0.15) is 5.26 Å². The number of piperidine rings is 1. The number of nitriles is 1. The van der Waals surface area contributed by atoms with E-state index in [0.717, 1.165) is 36.2 Å². The summed E-state index contributed by atoms with van der Waals surface area (Å²) in [6.45, 7) is 0.878. The third kappa shape index (κ3) is 4.67. The lowest BCUT2D eigenvalue weighted by molar-refractivity contribution is 0.153. The van der Waals surface area contributed by atoms with Gasteiger partial charge in [-0.3, -0.25) is 4.90 Å². The SMILES string of the molecule is CN1CCC(NC(=O)Nc2ccc(C#N)cc2)CC1c1nc2ccccc2[nH]1.Cl. The number of hydrogen-bond donors (Lipinski definition) is 3. The van der Waals surface area contributed by atoms with E-state index in [2.05, 4.69) is 33.6 Å². The number of halogens is 1. The molecule has 0 saturated carbocycles. The van der Waals surface area contributed by atoms with Crippen molar-refractivity contribution in [2.75, 3.05) is 18.9 Å². The number of para-hydroxylation sites is 2. The largest absolute Gasteiger partial charge is 0.341 e. The van der Waals surface area contributed by atoms with Gasteiger partial charge >= 0.3 is 6.03 Å². The van der Waals surface area contributed by atoms with Crippen molar-refractivity contribution in [3.8, 4) is 6.07 Å². The van der Waals surface area contributed by atoms with Crippen LogP contribution in [0.4, 0.5) is 10.5 Å². The molecule has 2 heterocycles. The number of fused-ring (bicyclic) bond motifs is 1. The van der Waals surface area contributed by atoms with Crippen molar-refractivity contribution in [1.29, 1.82) is 5.26 Å². The Hall–Kier alpha value is -3.08. The molecular formula is C21H23ClN6O. The Bertz CT molecular complexity index is 993. The van der Waals surface area contributed by atoms with Crippen molar-refractivity contribution in [2.24, 2.45) is 0 Å². The Morgan fingerprint density at radius 1 is 1.24 bits per heavy atom. The van der Waals surface area contributed by atoms with E-state index in [-0.39, 0.29) is 30.5 Å². The summed E-state index contributed by atoms with van der Waals surface area (Å²) in [4.78, 5) is 22.8. The highest BCUT2D eigenvalue weighted by Gasteiger charge is 2.30. The van der Waals surface area contributed by atoms with Crippen LogP contribution in [0.5, 0.6) is 0 Å². The second-order valence-corrected chi connectivity index (χ2v) is 7.14. The number of benzene rings is 2. The van der Waals surface area contributed by atoms with E-state index >= 15 is 0 Å². The average Bonchev–Trinajstić information content (AvgIpc) is 3.14. The Labute approximate surface area is 175 Å². The third-order valence-corrected chi connectivity index (χ3v) is 5.20. The molecule has 0 bridgehead atoms. The molecule has 4 rings (SSSR count). The topological polar surface area (TPSA) is 96.8 Å². The van der Waals surface area contributed by atoms with E-state index in [1.807, 2.05) is 24.3 Å². The molecule has 1 fully saturated rings. The summed E-state index contributed by atoms with van der Waals surface area (Å²) in [7, 11) is 2.09. The molecule has 0 radical (unpaired) electrons. The van der Waals surface area contributed by atoms with Crippen LogP contribution in [0.15, 0.2) is 48.5 Å². The standard InChI is InChI=1S/C21H22N6O.ClH/c1-27-11-10-16(24-21(28)23-15-8-6-14(13-22)7-9-15)12-19(27)20-25-17-4-2-3-5-18(17)26-20;/h2-9,16,19H,10-12H2,1H3,(H,25,26)(H2,23,24,28);1H. The molecule has 3 N–H and O–H groups in total. The van der Waals surface area contributed by atoms with Gasteiger partial charge in [0.15, 0.2) is 0 Å². The number of carbonyl (C=O) groups excluding carboxylic acids is 1. The number of nitrogens with zero attached hydrogens (tertiary/aromatic N) is 3. The van der Waals surface area contributed by atoms with Gasteiger partial charge in [-0.25, -0.2) is 9.78 Å². The quantitative estimate of drug-likeness (QED) is 0.611. The van der Waals surface area contributed by atoms with Crippen molar-refractivity contribution >= 4 is 35.2 Å². The van der Waals surface area contributed by atoms with Gasteiger partial charge < -0.3 is 15.6 Å². The predicted molar refractivity (Wildman–Crippen MR) is 115 cm³/mol. The molecule has 2 atom stereocenters. The van der Waals surface area contributed by atoms with E-state index in [9.17, 15) is 4.79 Å². The molecule has 0 spiro atoms. The zero-order valence-corrected chi connectivity index (χ0v) is 16.9. The Balaban J connectivity index is 0.00000240. The lowest BCUT2D eigenvalue weighted by atomic mass is 9.97. The highest BCUT2D eigenvalue weighted by atomic mass is 35.5. The fraction of sp³-hybridized carbons (Fsp3) is 0.286. The molecule has 8 heteroatoms. The van der Waals surface area contributed by atoms with Crippen LogP contribution >= 0.6 is 12.4 Å². The predicted octanol–water partition coefficient (Wildman–Crippen LogP) is 3.81. The number of likely N-dealkylation sites (tertiary alicyclic amines) is 1. The summed E-state index contributed by atoms with van der Waals surface area (Å²) in [5, 5.41) is 14.7. The van der Waals surface area contributed by atoms with Crippen LogP contribution in [0, 0.1) is 11.3 Å². The average molecular weight is 411 g/mol. The Morgan fingerprint density at radius 2 is 2.00 bits per heavy atom. The monoisotopic (exact) mass is 410 g/mol. The minimum Gasteiger partial charge on any atom is -0.341 e. The lowest BCUT2D eigenvalue weighted by Crippen LogP contribution is -2.46. The van der Waals surface area contributed by atoms with Crippen LogP contribution in [0.2, 0.25) is 0 Å². The number of aromatic nitrogens is 2. The maximum atomic E-state index is 12.4. The van der Waals surface area contributed by atoms with Crippen LogP contribution < -0.4 is 10.6 Å². The summed E-state index contributed by atoms with van der Waals surface area (Å²) >= 11 is 0. The normalized spacial score (nSPS) is 19.2. The van der Waals surface area contributed by atoms with Gasteiger partial charge in [-0.15, -0.1) is 12.4 Å². The number of amides is 2. The molecular weight excluding hydrogens is 388 g/mol. The number of nitrogens with one attached hydrogen (secondary N) is 3. The number of H-pyrrole nitrogens is 1. The van der Waals surface area contributed by atoms with Crippen molar-refractivity contribution in [2.45, 2.75) is 24.9 Å². The minimum absolute atomic E-state index is 0. The number of carbonyl (C=O) groups is 1. The summed E-state index contributed by atoms with van der Waals surface area (Å²) in [6, 6.07) is 16.8. The number of aromatic amines is 1. The molecule has 29 heavy (non-hydrogen) atoms. The smallest absolute Gasteiger partial charge is 0.319 e. The van der Waals surface area contributed by atoms with Gasteiger partial charge in [0, 0.05) is 18.3 Å². The van der Waals surface area contributed by atoms with Gasteiger partial charge in [0.05, 0.1) is 28.7 Å². The van der Waals surface area contributed by atoms with E-state index in [4.69, 9.17) is 10.2 Å². The molecule has 3 aromatic rings. The summed E-state index contributed by atoms with van der Waals surface area (Å²) in [5.74, 6) is 0.933. The minimum atomic E-state index is -0.234. The van der Waals surface area contributed by atoms with Crippen LogP contribution in [0.1, 0.15) is 30.3 Å². The van der Waals surface area contributed by atoms with Crippen LogP contribution in [-0.2, 0) is 0 Å². The first-order chi connectivity index (χ1) is 13.6. The second kappa shape index (κ2) is 8.95. The van der Waals surface area contributed by atoms with Gasteiger partial charge in [0.2, 0.25) is 0 Å². The first-order valence-electron chi connectivity index (χ1n) is 9.35. The zero-order valence-electron chi connectivity index (χ0n) is 16.1. The third-order valence-electron chi connectivity index (χ3n) is 5.20. The lowest BCUT2D eigenvalue weighted by Gasteiger charge is -2.36. The van der Waals surface area contributed by atoms with Crippen molar-refractivity contribution < 1.29 is 4.79 Å². The van der Waals surface area contributed by atoms with E-state index < -0.39 is 0 Å². The van der Waals surface area contributed by atoms with Gasteiger partial charge in [-0.05, 0) is 56.3 Å². The molecule has 2 unspecified atom stereocenters. The molecule has 150 valence electrons. The van der Waals surface area contributed by atoms with Crippen molar-refractivity contribution in [1.82, 2.24) is 20.2 Å². The fourth-order valence-electron chi connectivity index (χ4n) is 3.65. The fourth-order valence-corrected chi connectivity index (χ4v) is 3.65. The number of imidazole rings is 1. The van der Waals surface area contributed by atoms with E-state index in [1.54, 1.807) is 24.3 Å². The number of rotatable bonds is 3.